The van der Waals surface area contributed by atoms with Crippen LogP contribution in [0.1, 0.15) is 71.1 Å². The van der Waals surface area contributed by atoms with Gasteiger partial charge in [0.2, 0.25) is 0 Å². The van der Waals surface area contributed by atoms with Gasteiger partial charge in [0.05, 0.1) is 39.3 Å². The van der Waals surface area contributed by atoms with E-state index in [9.17, 15) is 27.9 Å². The quantitative estimate of drug-likeness (QED) is 0.379. The number of benzene rings is 1. The average Bonchev–Trinajstić information content (AvgIpc) is 3.16. The van der Waals surface area contributed by atoms with Crippen molar-refractivity contribution < 1.29 is 27.9 Å². The number of rotatable bonds is 4. The highest BCUT2D eigenvalue weighted by Gasteiger charge is 2.42. The van der Waals surface area contributed by atoms with E-state index in [4.69, 9.17) is 16.6 Å². The van der Waals surface area contributed by atoms with Gasteiger partial charge in [-0.15, -0.1) is 0 Å². The topological polar surface area (TPSA) is 103 Å². The van der Waals surface area contributed by atoms with Crippen LogP contribution in [-0.2, 0) is 11.6 Å². The monoisotopic (exact) mass is 616 g/mol. The molecule has 0 saturated carbocycles. The number of hydrogen-bond donors (Lipinski definition) is 1. The summed E-state index contributed by atoms with van der Waals surface area (Å²) in [5.41, 5.74) is 0.355. The van der Waals surface area contributed by atoms with Gasteiger partial charge in [0.1, 0.15) is 11.5 Å². The van der Waals surface area contributed by atoms with Crippen molar-refractivity contribution >= 4 is 40.8 Å². The van der Waals surface area contributed by atoms with Crippen LogP contribution in [0.15, 0.2) is 30.5 Å². The van der Waals surface area contributed by atoms with Gasteiger partial charge in [-0.1, -0.05) is 25.4 Å². The molecule has 1 aromatic carbocycles. The molecular weight excluding hydrogens is 585 g/mol. The summed E-state index contributed by atoms with van der Waals surface area (Å²) in [5, 5.41) is 9.08. The van der Waals surface area contributed by atoms with Crippen molar-refractivity contribution in [2.75, 3.05) is 36.0 Å². The third kappa shape index (κ3) is 5.48. The number of aromatic nitrogens is 3. The first kappa shape index (κ1) is 30.5. The number of amides is 1. The highest BCUT2D eigenvalue weighted by Crippen LogP contribution is 2.44. The Balaban J connectivity index is 1.39. The number of halogens is 4. The van der Waals surface area contributed by atoms with Crippen molar-refractivity contribution in [2.24, 2.45) is 0 Å². The normalized spacial score (nSPS) is 17.7. The van der Waals surface area contributed by atoms with Crippen LogP contribution in [0.25, 0.3) is 0 Å². The molecule has 0 aliphatic carbocycles. The third-order valence-electron chi connectivity index (χ3n) is 8.06. The third-order valence-corrected chi connectivity index (χ3v) is 8.37. The summed E-state index contributed by atoms with van der Waals surface area (Å²) >= 11 is 5.99. The Bertz CT molecular complexity index is 1620. The number of fused-ring (bicyclic) bond motifs is 1. The zero-order chi connectivity index (χ0) is 31.6. The zero-order valence-corrected chi connectivity index (χ0v) is 25.4. The summed E-state index contributed by atoms with van der Waals surface area (Å²) in [7, 11) is 0. The maximum absolute atomic E-state index is 13.8. The number of carbonyl (C=O) groups is 2. The molecule has 1 N–H and O–H groups in total. The molecule has 13 heteroatoms. The summed E-state index contributed by atoms with van der Waals surface area (Å²) in [6.45, 7) is 12.9. The number of carboxylic acid groups (broad SMARTS) is 1. The van der Waals surface area contributed by atoms with Crippen LogP contribution in [0, 0.1) is 13.8 Å². The van der Waals surface area contributed by atoms with Crippen LogP contribution >= 0.6 is 11.6 Å². The van der Waals surface area contributed by atoms with Gasteiger partial charge in [-0.3, -0.25) is 4.79 Å². The molecule has 0 bridgehead atoms. The number of carboxylic acids is 1. The van der Waals surface area contributed by atoms with Gasteiger partial charge in [0, 0.05) is 37.3 Å². The van der Waals surface area contributed by atoms with Crippen LogP contribution in [0.2, 0.25) is 5.02 Å². The van der Waals surface area contributed by atoms with E-state index in [1.807, 2.05) is 32.6 Å². The van der Waals surface area contributed by atoms with Crippen molar-refractivity contribution in [3.8, 4) is 0 Å². The Morgan fingerprint density at radius 3 is 2.30 bits per heavy atom. The fourth-order valence-corrected chi connectivity index (χ4v) is 6.24. The maximum Gasteiger partial charge on any atom is 0.417 e. The smallest absolute Gasteiger partial charge is 0.417 e. The molecule has 2 aliphatic heterocycles. The van der Waals surface area contributed by atoms with E-state index in [1.54, 1.807) is 29.7 Å². The molecule has 2 aromatic heterocycles. The molecule has 3 aromatic rings. The lowest BCUT2D eigenvalue weighted by Crippen LogP contribution is -2.61. The van der Waals surface area contributed by atoms with Crippen molar-refractivity contribution in [3.05, 3.63) is 69.3 Å². The standard InChI is InChI=1S/C30H32ClF3N6O3/c1-16-11-22(36-17(2)23(16)27(42)43)38-9-10-40(29(5,6)15-38)26(41)21-13-35-25-24(37-21)28(3,4)14-39(25)18-7-8-19(20(31)12-18)30(32,33)34/h7-8,11-13H,9-10,14-15H2,1-6H3,(H,42,43). The molecule has 5 rings (SSSR count). The van der Waals surface area contributed by atoms with Crippen LogP contribution in [-0.4, -0.2) is 68.6 Å². The second-order valence-electron chi connectivity index (χ2n) is 12.3. The van der Waals surface area contributed by atoms with Crippen molar-refractivity contribution in [1.29, 1.82) is 0 Å². The Labute approximate surface area is 252 Å². The minimum absolute atomic E-state index is 0.177. The summed E-state index contributed by atoms with van der Waals surface area (Å²) in [5.74, 6) is -0.186. The molecule has 1 fully saturated rings. The summed E-state index contributed by atoms with van der Waals surface area (Å²) in [4.78, 5) is 44.8. The molecule has 9 nitrogen and oxygen atoms in total. The van der Waals surface area contributed by atoms with Crippen molar-refractivity contribution in [3.63, 3.8) is 0 Å². The van der Waals surface area contributed by atoms with Gasteiger partial charge < -0.3 is 19.8 Å². The van der Waals surface area contributed by atoms with E-state index in [2.05, 4.69) is 9.97 Å². The van der Waals surface area contributed by atoms with E-state index in [-0.39, 0.29) is 17.2 Å². The van der Waals surface area contributed by atoms with Gasteiger partial charge >= 0.3 is 12.1 Å². The van der Waals surface area contributed by atoms with Gasteiger partial charge in [-0.2, -0.15) is 13.2 Å². The largest absolute Gasteiger partial charge is 0.478 e. The first-order valence-electron chi connectivity index (χ1n) is 13.7. The number of hydrogen-bond acceptors (Lipinski definition) is 7. The molecule has 0 spiro atoms. The summed E-state index contributed by atoms with van der Waals surface area (Å²) in [6, 6.07) is 5.34. The maximum atomic E-state index is 13.8. The highest BCUT2D eigenvalue weighted by atomic mass is 35.5. The predicted molar refractivity (Wildman–Crippen MR) is 157 cm³/mol. The van der Waals surface area contributed by atoms with Gasteiger partial charge in [0.15, 0.2) is 5.82 Å². The minimum atomic E-state index is -4.56. The van der Waals surface area contributed by atoms with Gasteiger partial charge in [-0.25, -0.2) is 19.7 Å². The first-order valence-corrected chi connectivity index (χ1v) is 14.1. The second-order valence-corrected chi connectivity index (χ2v) is 12.7. The number of piperazine rings is 1. The van der Waals surface area contributed by atoms with Crippen LogP contribution in [0.5, 0.6) is 0 Å². The Morgan fingerprint density at radius 2 is 1.72 bits per heavy atom. The lowest BCUT2D eigenvalue weighted by atomic mass is 9.92. The van der Waals surface area contributed by atoms with Crippen molar-refractivity contribution in [2.45, 2.75) is 58.7 Å². The molecule has 1 amide bonds. The summed E-state index contributed by atoms with van der Waals surface area (Å²) in [6.07, 6.45) is -3.16. The van der Waals surface area contributed by atoms with Gasteiger partial charge in [-0.05, 0) is 57.5 Å². The lowest BCUT2D eigenvalue weighted by Gasteiger charge is -2.47. The Kier molecular flexibility index (Phi) is 7.35. The number of aromatic carboxylic acids is 1. The highest BCUT2D eigenvalue weighted by molar-refractivity contribution is 6.31. The summed E-state index contributed by atoms with van der Waals surface area (Å²) < 4.78 is 39.7. The Morgan fingerprint density at radius 1 is 1.02 bits per heavy atom. The van der Waals surface area contributed by atoms with Crippen molar-refractivity contribution in [1.82, 2.24) is 19.9 Å². The number of anilines is 3. The fourth-order valence-electron chi connectivity index (χ4n) is 5.96. The minimum Gasteiger partial charge on any atom is -0.478 e. The molecular formula is C30H32ClF3N6O3. The zero-order valence-electron chi connectivity index (χ0n) is 24.7. The van der Waals surface area contributed by atoms with E-state index < -0.39 is 33.7 Å². The molecule has 4 heterocycles. The average molecular weight is 617 g/mol. The lowest BCUT2D eigenvalue weighted by molar-refractivity contribution is -0.137. The number of nitrogens with zero attached hydrogens (tertiary/aromatic N) is 6. The van der Waals surface area contributed by atoms with Crippen LogP contribution in [0.3, 0.4) is 0 Å². The predicted octanol–water partition coefficient (Wildman–Crippen LogP) is 6.03. The van der Waals surface area contributed by atoms with E-state index in [0.29, 0.717) is 60.5 Å². The molecule has 1 saturated heterocycles. The molecule has 0 radical (unpaired) electrons. The number of pyridine rings is 1. The molecule has 0 atom stereocenters. The van der Waals surface area contributed by atoms with Crippen LogP contribution < -0.4 is 9.80 Å². The number of alkyl halides is 3. The second kappa shape index (κ2) is 10.4. The first-order chi connectivity index (χ1) is 19.9. The molecule has 43 heavy (non-hydrogen) atoms. The van der Waals surface area contributed by atoms with E-state index in [0.717, 1.165) is 6.07 Å². The number of aryl methyl sites for hydroxylation is 2. The van der Waals surface area contributed by atoms with E-state index >= 15 is 0 Å². The SMILES string of the molecule is Cc1cc(N2CCN(C(=O)c3cnc4c(n3)C(C)(C)CN4c3ccc(C(F)(F)F)c(Cl)c3)C(C)(C)C2)nc(C)c1C(=O)O. The number of carbonyl (C=O) groups excluding carboxylic acids is 1. The molecule has 228 valence electrons. The molecule has 0 unspecified atom stereocenters. The Hall–Kier alpha value is -3.93. The fraction of sp³-hybridized carbons (Fsp3) is 0.433. The van der Waals surface area contributed by atoms with E-state index in [1.165, 1.54) is 18.3 Å². The molecule has 2 aliphatic rings. The van der Waals surface area contributed by atoms with Gasteiger partial charge in [0.25, 0.3) is 5.91 Å². The van der Waals surface area contributed by atoms with Crippen LogP contribution in [0.4, 0.5) is 30.5 Å².